The van der Waals surface area contributed by atoms with Gasteiger partial charge in [-0.25, -0.2) is 0 Å². The molecule has 0 N–H and O–H groups in total. The molecule has 0 unspecified atom stereocenters. The third-order valence-electron chi connectivity index (χ3n) is 1.23. The molecule has 1 aromatic carbocycles. The van der Waals surface area contributed by atoms with Crippen molar-refractivity contribution in [1.29, 1.82) is 5.26 Å². The van der Waals surface area contributed by atoms with Crippen LogP contribution < -0.4 is 56.5 Å². The Morgan fingerprint density at radius 3 is 2.67 bits per heavy atom. The van der Waals surface area contributed by atoms with Crippen LogP contribution in [-0.4, -0.2) is 5.97 Å². The van der Waals surface area contributed by atoms with Crippen molar-refractivity contribution in [3.8, 4) is 6.07 Å². The van der Waals surface area contributed by atoms with Crippen LogP contribution in [-0.2, 0) is 0 Å². The average molecular weight is 185 g/mol. The molecule has 0 radical (unpaired) electrons. The molecule has 12 heavy (non-hydrogen) atoms. The van der Waals surface area contributed by atoms with Crippen LogP contribution >= 0.6 is 0 Å². The first-order valence-corrected chi connectivity index (χ1v) is 2.95. The van der Waals surface area contributed by atoms with E-state index in [0.717, 1.165) is 0 Å². The quantitative estimate of drug-likeness (QED) is 0.436. The largest absolute Gasteiger partial charge is 1.00 e. The van der Waals surface area contributed by atoms with E-state index in [0.29, 0.717) is 5.56 Å². The van der Waals surface area contributed by atoms with Gasteiger partial charge in [0.2, 0.25) is 0 Å². The monoisotopic (exact) mass is 185 g/mol. The summed E-state index contributed by atoms with van der Waals surface area (Å²) in [5, 5.41) is 18.6. The molecule has 0 aliphatic rings. The fourth-order valence-electron chi connectivity index (χ4n) is 0.716. The van der Waals surface area contributed by atoms with E-state index < -0.39 is 5.97 Å². The Balaban J connectivity index is 0.00000121. The number of hydrogen-bond donors (Lipinski definition) is 0. The molecule has 0 aromatic heterocycles. The van der Waals surface area contributed by atoms with Gasteiger partial charge in [0.1, 0.15) is 0 Å². The van der Waals surface area contributed by atoms with E-state index in [1.807, 2.05) is 6.07 Å². The van der Waals surface area contributed by atoms with Crippen molar-refractivity contribution >= 4 is 5.97 Å². The van der Waals surface area contributed by atoms with Gasteiger partial charge in [-0.3, -0.25) is 0 Å². The van der Waals surface area contributed by atoms with Crippen LogP contribution in [0.2, 0.25) is 0 Å². The van der Waals surface area contributed by atoms with Crippen molar-refractivity contribution < 1.29 is 61.3 Å². The second kappa shape index (κ2) is 5.46. The van der Waals surface area contributed by atoms with E-state index in [1.165, 1.54) is 24.3 Å². The summed E-state index contributed by atoms with van der Waals surface area (Å²) >= 11 is 0. The van der Waals surface area contributed by atoms with E-state index >= 15 is 0 Å². The van der Waals surface area contributed by atoms with Crippen molar-refractivity contribution in [2.75, 3.05) is 0 Å². The van der Waals surface area contributed by atoms with Crippen molar-refractivity contribution in [2.45, 2.75) is 0 Å². The SMILES string of the molecule is N#Cc1cccc(C(=O)[O-])c1.[K+]. The maximum absolute atomic E-state index is 10.2. The molecule has 1 aromatic rings. The summed E-state index contributed by atoms with van der Waals surface area (Å²) in [6.45, 7) is 0. The van der Waals surface area contributed by atoms with Crippen LogP contribution in [0.3, 0.4) is 0 Å². The average Bonchev–Trinajstić information content (AvgIpc) is 2.05. The molecule has 0 saturated carbocycles. The van der Waals surface area contributed by atoms with Crippen LogP contribution in [0.5, 0.6) is 0 Å². The minimum atomic E-state index is -1.26. The Labute approximate surface area is 112 Å². The van der Waals surface area contributed by atoms with Crippen LogP contribution in [0, 0.1) is 11.3 Å². The van der Waals surface area contributed by atoms with Gasteiger partial charge in [0.25, 0.3) is 0 Å². The molecule has 54 valence electrons. The summed E-state index contributed by atoms with van der Waals surface area (Å²) in [4.78, 5) is 10.2. The van der Waals surface area contributed by atoms with E-state index in [2.05, 4.69) is 0 Å². The molecule has 3 nitrogen and oxygen atoms in total. The summed E-state index contributed by atoms with van der Waals surface area (Å²) in [6, 6.07) is 7.53. The Morgan fingerprint density at radius 1 is 1.50 bits per heavy atom. The van der Waals surface area contributed by atoms with Crippen molar-refractivity contribution in [2.24, 2.45) is 0 Å². The smallest absolute Gasteiger partial charge is 0.545 e. The molecule has 0 atom stereocenters. The molecule has 0 heterocycles. The Kier molecular flexibility index (Phi) is 5.38. The zero-order valence-corrected chi connectivity index (χ0v) is 9.70. The first-order valence-electron chi connectivity index (χ1n) is 2.95. The van der Waals surface area contributed by atoms with Gasteiger partial charge in [-0.2, -0.15) is 5.26 Å². The van der Waals surface area contributed by atoms with Gasteiger partial charge in [-0.15, -0.1) is 0 Å². The fraction of sp³-hybridized carbons (Fsp3) is 0. The summed E-state index contributed by atoms with van der Waals surface area (Å²) in [6.07, 6.45) is 0. The number of carbonyl (C=O) groups is 1. The van der Waals surface area contributed by atoms with E-state index in [-0.39, 0.29) is 56.9 Å². The van der Waals surface area contributed by atoms with Crippen LogP contribution in [0.1, 0.15) is 15.9 Å². The maximum Gasteiger partial charge on any atom is 1.00 e. The molecule has 0 bridgehead atoms. The molecule has 0 aliphatic carbocycles. The minimum Gasteiger partial charge on any atom is -0.545 e. The number of aromatic carboxylic acids is 1. The third kappa shape index (κ3) is 3.05. The van der Waals surface area contributed by atoms with Crippen LogP contribution in [0.4, 0.5) is 0 Å². The van der Waals surface area contributed by atoms with Crippen LogP contribution in [0.15, 0.2) is 24.3 Å². The molecule has 0 aliphatic heterocycles. The number of carboxylic acids is 1. The summed E-state index contributed by atoms with van der Waals surface area (Å²) in [5.74, 6) is -1.26. The standard InChI is InChI=1S/C8H5NO2.K/c9-5-6-2-1-3-7(4-6)8(10)11;/h1-4H,(H,10,11);/q;+1/p-1. The molecule has 4 heteroatoms. The van der Waals surface area contributed by atoms with Gasteiger partial charge in [0.15, 0.2) is 0 Å². The predicted octanol–water partition coefficient (Wildman–Crippen LogP) is -3.07. The number of carbonyl (C=O) groups excluding carboxylic acids is 1. The van der Waals surface area contributed by atoms with Gasteiger partial charge in [-0.05, 0) is 17.7 Å². The number of carboxylic acid groups (broad SMARTS) is 1. The third-order valence-corrected chi connectivity index (χ3v) is 1.23. The summed E-state index contributed by atoms with van der Waals surface area (Å²) < 4.78 is 0. The number of rotatable bonds is 1. The normalized spacial score (nSPS) is 7.92. The zero-order valence-electron chi connectivity index (χ0n) is 6.57. The van der Waals surface area contributed by atoms with Gasteiger partial charge in [0, 0.05) is 0 Å². The minimum absolute atomic E-state index is 0. The second-order valence-corrected chi connectivity index (χ2v) is 1.98. The first-order chi connectivity index (χ1) is 5.24. The molecule has 0 amide bonds. The van der Waals surface area contributed by atoms with E-state index in [1.54, 1.807) is 0 Å². The Morgan fingerprint density at radius 2 is 2.17 bits per heavy atom. The Hall–Kier alpha value is -0.184. The Bertz CT molecular complexity index is 330. The maximum atomic E-state index is 10.2. The molecular formula is C8H4KNO2. The summed E-state index contributed by atoms with van der Waals surface area (Å²) in [5.41, 5.74) is 0.357. The van der Waals surface area contributed by atoms with Gasteiger partial charge < -0.3 is 9.90 Å². The fourth-order valence-corrected chi connectivity index (χ4v) is 0.716. The van der Waals surface area contributed by atoms with Gasteiger partial charge >= 0.3 is 51.4 Å². The molecular weight excluding hydrogens is 181 g/mol. The second-order valence-electron chi connectivity index (χ2n) is 1.98. The van der Waals surface area contributed by atoms with Gasteiger partial charge in [-0.1, -0.05) is 12.1 Å². The van der Waals surface area contributed by atoms with Gasteiger partial charge in [0.05, 0.1) is 17.6 Å². The van der Waals surface area contributed by atoms with Crippen molar-refractivity contribution in [3.63, 3.8) is 0 Å². The summed E-state index contributed by atoms with van der Waals surface area (Å²) in [7, 11) is 0. The van der Waals surface area contributed by atoms with E-state index in [9.17, 15) is 9.90 Å². The van der Waals surface area contributed by atoms with E-state index in [4.69, 9.17) is 5.26 Å². The molecule has 0 spiro atoms. The number of hydrogen-bond acceptors (Lipinski definition) is 3. The molecule has 0 fully saturated rings. The number of nitriles is 1. The topological polar surface area (TPSA) is 63.9 Å². The number of nitrogens with zero attached hydrogens (tertiary/aromatic N) is 1. The molecule has 1 rings (SSSR count). The first kappa shape index (κ1) is 11.8. The van der Waals surface area contributed by atoms with Crippen molar-refractivity contribution in [3.05, 3.63) is 35.4 Å². The zero-order chi connectivity index (χ0) is 8.27. The number of benzene rings is 1. The van der Waals surface area contributed by atoms with Crippen molar-refractivity contribution in [1.82, 2.24) is 0 Å². The van der Waals surface area contributed by atoms with Crippen LogP contribution in [0.25, 0.3) is 0 Å². The molecule has 0 saturated heterocycles. The predicted molar refractivity (Wildman–Crippen MR) is 35.5 cm³/mol.